The molecule has 0 unspecified atom stereocenters. The molecule has 0 aliphatic heterocycles. The first-order valence-electron chi connectivity index (χ1n) is 9.99. The van der Waals surface area contributed by atoms with Crippen LogP contribution in [-0.2, 0) is 4.74 Å². The van der Waals surface area contributed by atoms with Crippen molar-refractivity contribution in [2.45, 2.75) is 13.8 Å². The highest BCUT2D eigenvalue weighted by Gasteiger charge is 2.19. The van der Waals surface area contributed by atoms with Crippen LogP contribution in [0.15, 0.2) is 48.9 Å². The van der Waals surface area contributed by atoms with Crippen molar-refractivity contribution in [3.63, 3.8) is 0 Å². The summed E-state index contributed by atoms with van der Waals surface area (Å²) in [6.45, 7) is 3.41. The van der Waals surface area contributed by atoms with Crippen LogP contribution in [0, 0.1) is 19.7 Å². The summed E-state index contributed by atoms with van der Waals surface area (Å²) in [6, 6.07) is 7.89. The molecule has 33 heavy (non-hydrogen) atoms. The predicted octanol–water partition coefficient (Wildman–Crippen LogP) is 4.00. The number of imidazole rings is 1. The molecule has 4 aromatic rings. The van der Waals surface area contributed by atoms with Gasteiger partial charge in [-0.1, -0.05) is 0 Å². The lowest BCUT2D eigenvalue weighted by atomic mass is 10.2. The number of hydrogen-bond acceptors (Lipinski definition) is 6. The number of ether oxygens (including phenoxy) is 1. The molecule has 1 aromatic carbocycles. The van der Waals surface area contributed by atoms with E-state index in [1.165, 1.54) is 18.1 Å². The standard InChI is InChI=1S/C23H21FN6O3/c1-13-9-16(6-7-17(13)24)29(3)22(31)18-12-30-19(11-26-21(30)14(2)27-18)15-5-8-20(25-10-15)28-23(32)33-4/h5-12H,1-4H3,(H,25,28,32). The Bertz CT molecular complexity index is 1370. The minimum absolute atomic E-state index is 0.209. The Kier molecular flexibility index (Phi) is 5.74. The number of aryl methyl sites for hydroxylation is 2. The number of hydrogen-bond donors (Lipinski definition) is 1. The number of carbonyl (C=O) groups is 2. The lowest BCUT2D eigenvalue weighted by molar-refractivity contribution is 0.0987. The molecule has 9 nitrogen and oxygen atoms in total. The second kappa shape index (κ2) is 8.65. The largest absolute Gasteiger partial charge is 0.453 e. The molecule has 10 heteroatoms. The van der Waals surface area contributed by atoms with Crippen molar-refractivity contribution in [1.29, 1.82) is 0 Å². The molecule has 0 saturated carbocycles. The van der Waals surface area contributed by atoms with Gasteiger partial charge in [-0.3, -0.25) is 14.5 Å². The number of pyridine rings is 1. The molecule has 3 aromatic heterocycles. The van der Waals surface area contributed by atoms with Gasteiger partial charge in [0.05, 0.1) is 24.7 Å². The molecule has 0 bridgehead atoms. The molecule has 3 heterocycles. The molecule has 0 aliphatic rings. The van der Waals surface area contributed by atoms with Gasteiger partial charge in [0.25, 0.3) is 5.91 Å². The maximum atomic E-state index is 13.6. The summed E-state index contributed by atoms with van der Waals surface area (Å²) >= 11 is 0. The Morgan fingerprint density at radius 2 is 1.91 bits per heavy atom. The molecule has 0 saturated heterocycles. The van der Waals surface area contributed by atoms with Crippen molar-refractivity contribution >= 4 is 29.2 Å². The van der Waals surface area contributed by atoms with E-state index in [0.29, 0.717) is 34.1 Å². The Balaban J connectivity index is 1.69. The highest BCUT2D eigenvalue weighted by Crippen LogP contribution is 2.24. The van der Waals surface area contributed by atoms with E-state index >= 15 is 0 Å². The number of nitrogens with zero attached hydrogens (tertiary/aromatic N) is 5. The van der Waals surface area contributed by atoms with Gasteiger partial charge in [-0.05, 0) is 49.7 Å². The minimum Gasteiger partial charge on any atom is -0.453 e. The van der Waals surface area contributed by atoms with Gasteiger partial charge in [0.1, 0.15) is 17.3 Å². The summed E-state index contributed by atoms with van der Waals surface area (Å²) in [5.41, 5.74) is 3.81. The molecule has 1 N–H and O–H groups in total. The second-order valence-corrected chi connectivity index (χ2v) is 7.39. The fraction of sp³-hybridized carbons (Fsp3) is 0.174. The fourth-order valence-corrected chi connectivity index (χ4v) is 3.36. The molecule has 0 atom stereocenters. The second-order valence-electron chi connectivity index (χ2n) is 7.39. The summed E-state index contributed by atoms with van der Waals surface area (Å²) in [7, 11) is 2.88. The molecule has 4 rings (SSSR count). The van der Waals surface area contributed by atoms with Crippen molar-refractivity contribution in [3.05, 3.63) is 71.7 Å². The lowest BCUT2D eigenvalue weighted by Gasteiger charge is -2.18. The zero-order chi connectivity index (χ0) is 23.7. The quantitative estimate of drug-likeness (QED) is 0.506. The SMILES string of the molecule is COC(=O)Nc1ccc(-c2cnc3c(C)nc(C(=O)N(C)c4ccc(F)c(C)c4)cn23)cn1. The minimum atomic E-state index is -0.615. The fourth-order valence-electron chi connectivity index (χ4n) is 3.36. The number of amides is 2. The number of carbonyl (C=O) groups excluding carboxylic acids is 2. The summed E-state index contributed by atoms with van der Waals surface area (Å²) < 4.78 is 20.0. The number of aromatic nitrogens is 4. The Labute approximate surface area is 188 Å². The topological polar surface area (TPSA) is 102 Å². The van der Waals surface area contributed by atoms with Gasteiger partial charge in [0, 0.05) is 30.7 Å². The van der Waals surface area contributed by atoms with Crippen molar-refractivity contribution in [2.75, 3.05) is 24.4 Å². The lowest BCUT2D eigenvalue weighted by Crippen LogP contribution is -2.27. The van der Waals surface area contributed by atoms with Crippen LogP contribution < -0.4 is 10.2 Å². The Morgan fingerprint density at radius 3 is 2.58 bits per heavy atom. The first kappa shape index (κ1) is 21.9. The maximum absolute atomic E-state index is 13.6. The van der Waals surface area contributed by atoms with Gasteiger partial charge in [-0.2, -0.15) is 0 Å². The normalized spacial score (nSPS) is 10.8. The van der Waals surface area contributed by atoms with Gasteiger partial charge >= 0.3 is 6.09 Å². The number of methoxy groups -OCH3 is 1. The third-order valence-corrected chi connectivity index (χ3v) is 5.19. The van der Waals surface area contributed by atoms with Crippen LogP contribution in [0.5, 0.6) is 0 Å². The van der Waals surface area contributed by atoms with Crippen LogP contribution in [0.1, 0.15) is 21.7 Å². The van der Waals surface area contributed by atoms with E-state index in [1.807, 2.05) is 0 Å². The van der Waals surface area contributed by atoms with Crippen LogP contribution in [-0.4, -0.2) is 45.5 Å². The average molecular weight is 448 g/mol. The number of fused-ring (bicyclic) bond motifs is 1. The summed E-state index contributed by atoms with van der Waals surface area (Å²) in [6.07, 6.45) is 4.24. The number of halogens is 1. The predicted molar refractivity (Wildman–Crippen MR) is 121 cm³/mol. The van der Waals surface area contributed by atoms with E-state index in [0.717, 1.165) is 5.56 Å². The van der Waals surface area contributed by atoms with E-state index in [1.54, 1.807) is 68.2 Å². The molecule has 0 radical (unpaired) electrons. The summed E-state index contributed by atoms with van der Waals surface area (Å²) in [5.74, 6) is -0.342. The number of benzene rings is 1. The van der Waals surface area contributed by atoms with Crippen LogP contribution in [0.3, 0.4) is 0 Å². The van der Waals surface area contributed by atoms with Crippen LogP contribution in [0.25, 0.3) is 16.9 Å². The molecule has 0 fully saturated rings. The Morgan fingerprint density at radius 1 is 1.12 bits per heavy atom. The highest BCUT2D eigenvalue weighted by molar-refractivity contribution is 6.04. The maximum Gasteiger partial charge on any atom is 0.412 e. The van der Waals surface area contributed by atoms with E-state index < -0.39 is 6.09 Å². The molecule has 0 spiro atoms. The van der Waals surface area contributed by atoms with E-state index in [2.05, 4.69) is 25.0 Å². The van der Waals surface area contributed by atoms with E-state index in [9.17, 15) is 14.0 Å². The zero-order valence-electron chi connectivity index (χ0n) is 18.5. The number of rotatable bonds is 4. The monoisotopic (exact) mass is 448 g/mol. The molecule has 168 valence electrons. The molecular formula is C23H21FN6O3. The number of anilines is 2. The third kappa shape index (κ3) is 4.22. The summed E-state index contributed by atoms with van der Waals surface area (Å²) in [5, 5.41) is 2.49. The van der Waals surface area contributed by atoms with Crippen molar-refractivity contribution in [3.8, 4) is 11.3 Å². The molecule has 0 aliphatic carbocycles. The number of nitrogens with one attached hydrogen (secondary N) is 1. The average Bonchev–Trinajstić information content (AvgIpc) is 3.25. The summed E-state index contributed by atoms with van der Waals surface area (Å²) in [4.78, 5) is 39.0. The van der Waals surface area contributed by atoms with Crippen LogP contribution >= 0.6 is 0 Å². The van der Waals surface area contributed by atoms with E-state index in [-0.39, 0.29) is 17.4 Å². The Hall–Kier alpha value is -4.34. The third-order valence-electron chi connectivity index (χ3n) is 5.19. The molecule has 2 amide bonds. The smallest absolute Gasteiger partial charge is 0.412 e. The van der Waals surface area contributed by atoms with Gasteiger partial charge in [0.2, 0.25) is 0 Å². The van der Waals surface area contributed by atoms with Crippen LogP contribution in [0.4, 0.5) is 20.7 Å². The molecular weight excluding hydrogens is 427 g/mol. The van der Waals surface area contributed by atoms with Gasteiger partial charge in [-0.15, -0.1) is 0 Å². The van der Waals surface area contributed by atoms with Crippen molar-refractivity contribution < 1.29 is 18.7 Å². The van der Waals surface area contributed by atoms with Gasteiger partial charge in [0.15, 0.2) is 5.65 Å². The van der Waals surface area contributed by atoms with Crippen LogP contribution in [0.2, 0.25) is 0 Å². The highest BCUT2D eigenvalue weighted by atomic mass is 19.1. The van der Waals surface area contributed by atoms with Gasteiger partial charge < -0.3 is 9.64 Å². The van der Waals surface area contributed by atoms with Crippen molar-refractivity contribution in [2.24, 2.45) is 0 Å². The van der Waals surface area contributed by atoms with Gasteiger partial charge in [-0.25, -0.2) is 24.1 Å². The van der Waals surface area contributed by atoms with Crippen molar-refractivity contribution in [1.82, 2.24) is 19.4 Å². The first-order valence-corrected chi connectivity index (χ1v) is 9.99. The zero-order valence-corrected chi connectivity index (χ0v) is 18.5. The first-order chi connectivity index (χ1) is 15.8. The van der Waals surface area contributed by atoms with E-state index in [4.69, 9.17) is 0 Å².